The van der Waals surface area contributed by atoms with Gasteiger partial charge in [0.25, 0.3) is 0 Å². The Balaban J connectivity index is 2.42. The lowest BCUT2D eigenvalue weighted by Crippen LogP contribution is -2.05. The van der Waals surface area contributed by atoms with Crippen LogP contribution in [0.1, 0.15) is 69.1 Å². The SMILES string of the molecule is C=C1C=C(C)C=CC1c1ccc(C(C)C)c(C(C)C)c1. The summed E-state index contributed by atoms with van der Waals surface area (Å²) in [5.74, 6) is 1.47. The molecule has 0 heteroatoms. The van der Waals surface area contributed by atoms with Gasteiger partial charge in [0.2, 0.25) is 0 Å². The Morgan fingerprint density at radius 3 is 2.20 bits per heavy atom. The average molecular weight is 266 g/mol. The van der Waals surface area contributed by atoms with E-state index in [1.54, 1.807) is 0 Å². The van der Waals surface area contributed by atoms with Crippen molar-refractivity contribution in [1.29, 1.82) is 0 Å². The van der Waals surface area contributed by atoms with Gasteiger partial charge in [-0.3, -0.25) is 0 Å². The van der Waals surface area contributed by atoms with Crippen molar-refractivity contribution < 1.29 is 0 Å². The molecule has 1 aromatic carbocycles. The summed E-state index contributed by atoms with van der Waals surface area (Å²) in [4.78, 5) is 0. The lowest BCUT2D eigenvalue weighted by Gasteiger charge is -2.22. The number of rotatable bonds is 3. The van der Waals surface area contributed by atoms with E-state index in [9.17, 15) is 0 Å². The van der Waals surface area contributed by atoms with Crippen LogP contribution in [-0.4, -0.2) is 0 Å². The summed E-state index contributed by atoms with van der Waals surface area (Å²) < 4.78 is 0. The van der Waals surface area contributed by atoms with E-state index in [1.807, 2.05) is 0 Å². The fourth-order valence-electron chi connectivity index (χ4n) is 2.94. The molecule has 106 valence electrons. The maximum atomic E-state index is 4.23. The zero-order valence-corrected chi connectivity index (χ0v) is 13.4. The minimum absolute atomic E-state index is 0.331. The third-order valence-corrected chi connectivity index (χ3v) is 4.08. The maximum absolute atomic E-state index is 4.23. The number of hydrogen-bond donors (Lipinski definition) is 0. The third kappa shape index (κ3) is 2.95. The molecule has 1 aliphatic carbocycles. The Labute approximate surface area is 123 Å². The van der Waals surface area contributed by atoms with Gasteiger partial charge in [-0.1, -0.05) is 76.3 Å². The van der Waals surface area contributed by atoms with Crippen LogP contribution < -0.4 is 0 Å². The molecule has 1 unspecified atom stereocenters. The van der Waals surface area contributed by atoms with Gasteiger partial charge in [-0.15, -0.1) is 0 Å². The number of allylic oxidation sites excluding steroid dienone is 5. The van der Waals surface area contributed by atoms with Crippen molar-refractivity contribution >= 4 is 0 Å². The highest BCUT2D eigenvalue weighted by molar-refractivity contribution is 5.48. The van der Waals surface area contributed by atoms with Crippen molar-refractivity contribution in [1.82, 2.24) is 0 Å². The van der Waals surface area contributed by atoms with Crippen molar-refractivity contribution in [3.05, 3.63) is 70.8 Å². The van der Waals surface area contributed by atoms with Gasteiger partial charge < -0.3 is 0 Å². The highest BCUT2D eigenvalue weighted by Gasteiger charge is 2.17. The molecule has 20 heavy (non-hydrogen) atoms. The van der Waals surface area contributed by atoms with Crippen LogP contribution in [0.25, 0.3) is 0 Å². The second kappa shape index (κ2) is 5.83. The summed E-state index contributed by atoms with van der Waals surface area (Å²) in [5.41, 5.74) is 6.79. The van der Waals surface area contributed by atoms with Crippen molar-refractivity contribution in [2.24, 2.45) is 0 Å². The summed E-state index contributed by atoms with van der Waals surface area (Å²) in [5, 5.41) is 0. The first kappa shape index (κ1) is 14.8. The highest BCUT2D eigenvalue weighted by atomic mass is 14.2. The van der Waals surface area contributed by atoms with E-state index in [4.69, 9.17) is 0 Å². The van der Waals surface area contributed by atoms with Gasteiger partial charge in [0.1, 0.15) is 0 Å². The summed E-state index contributed by atoms with van der Waals surface area (Å²) >= 11 is 0. The van der Waals surface area contributed by atoms with E-state index in [2.05, 4.69) is 77.6 Å². The molecule has 0 saturated heterocycles. The van der Waals surface area contributed by atoms with Gasteiger partial charge in [-0.05, 0) is 41.0 Å². The van der Waals surface area contributed by atoms with E-state index in [-0.39, 0.29) is 0 Å². The van der Waals surface area contributed by atoms with Crippen molar-refractivity contribution in [3.8, 4) is 0 Å². The molecule has 0 aliphatic heterocycles. The van der Waals surface area contributed by atoms with E-state index in [0.717, 1.165) is 0 Å². The molecule has 0 nitrogen and oxygen atoms in total. The Kier molecular flexibility index (Phi) is 4.32. The van der Waals surface area contributed by atoms with E-state index < -0.39 is 0 Å². The van der Waals surface area contributed by atoms with E-state index in [0.29, 0.717) is 17.8 Å². The first-order valence-electron chi connectivity index (χ1n) is 7.59. The zero-order chi connectivity index (χ0) is 14.9. The number of benzene rings is 1. The van der Waals surface area contributed by atoms with Gasteiger partial charge in [-0.2, -0.15) is 0 Å². The molecule has 0 aromatic heterocycles. The quantitative estimate of drug-likeness (QED) is 0.621. The molecule has 2 rings (SSSR count). The molecule has 0 spiro atoms. The van der Waals surface area contributed by atoms with Gasteiger partial charge in [0, 0.05) is 5.92 Å². The van der Waals surface area contributed by atoms with Gasteiger partial charge in [0.15, 0.2) is 0 Å². The minimum Gasteiger partial charge on any atom is -0.0949 e. The molecule has 0 radical (unpaired) electrons. The zero-order valence-electron chi connectivity index (χ0n) is 13.4. The normalized spacial score (nSPS) is 18.9. The Morgan fingerprint density at radius 2 is 1.65 bits per heavy atom. The first-order chi connectivity index (χ1) is 9.40. The fraction of sp³-hybridized carbons (Fsp3) is 0.400. The summed E-state index contributed by atoms with van der Waals surface area (Å²) in [6.07, 6.45) is 6.66. The Morgan fingerprint density at radius 1 is 1.00 bits per heavy atom. The molecule has 0 saturated carbocycles. The topological polar surface area (TPSA) is 0 Å². The second-order valence-electron chi connectivity index (χ2n) is 6.50. The molecule has 1 atom stereocenters. The Bertz CT molecular complexity index is 568. The average Bonchev–Trinajstić information content (AvgIpc) is 2.37. The second-order valence-corrected chi connectivity index (χ2v) is 6.50. The van der Waals surface area contributed by atoms with Gasteiger partial charge in [0.05, 0.1) is 0 Å². The van der Waals surface area contributed by atoms with Crippen LogP contribution in [0.2, 0.25) is 0 Å². The molecule has 0 heterocycles. The van der Waals surface area contributed by atoms with Gasteiger partial charge >= 0.3 is 0 Å². The van der Waals surface area contributed by atoms with Crippen molar-refractivity contribution in [2.75, 3.05) is 0 Å². The summed E-state index contributed by atoms with van der Waals surface area (Å²) in [7, 11) is 0. The Hall–Kier alpha value is -1.56. The lowest BCUT2D eigenvalue weighted by molar-refractivity contribution is 0.785. The molecular formula is C20H26. The number of hydrogen-bond acceptors (Lipinski definition) is 0. The summed E-state index contributed by atoms with van der Waals surface area (Å²) in [6.45, 7) is 15.4. The maximum Gasteiger partial charge on any atom is 0.0267 e. The summed E-state index contributed by atoms with van der Waals surface area (Å²) in [6, 6.07) is 6.96. The predicted octanol–water partition coefficient (Wildman–Crippen LogP) is 6.09. The molecule has 0 fully saturated rings. The third-order valence-electron chi connectivity index (χ3n) is 4.08. The largest absolute Gasteiger partial charge is 0.0949 e. The first-order valence-corrected chi connectivity index (χ1v) is 7.59. The van der Waals surface area contributed by atoms with Crippen molar-refractivity contribution in [3.63, 3.8) is 0 Å². The molecular weight excluding hydrogens is 240 g/mol. The van der Waals surface area contributed by atoms with E-state index >= 15 is 0 Å². The highest BCUT2D eigenvalue weighted by Crippen LogP contribution is 2.34. The lowest BCUT2D eigenvalue weighted by atomic mass is 9.82. The molecule has 1 aliphatic rings. The molecule has 0 bridgehead atoms. The standard InChI is InChI=1S/C20H26/c1-13(2)18-10-8-17(12-20(18)14(3)4)19-9-7-15(5)11-16(19)6/h7-14,19H,6H2,1-5H3. The fourth-order valence-corrected chi connectivity index (χ4v) is 2.94. The van der Waals surface area contributed by atoms with Crippen LogP contribution in [0.3, 0.4) is 0 Å². The monoisotopic (exact) mass is 266 g/mol. The van der Waals surface area contributed by atoms with Crippen LogP contribution in [0.5, 0.6) is 0 Å². The molecule has 1 aromatic rings. The minimum atomic E-state index is 0.331. The van der Waals surface area contributed by atoms with Gasteiger partial charge in [-0.25, -0.2) is 0 Å². The van der Waals surface area contributed by atoms with Crippen LogP contribution in [-0.2, 0) is 0 Å². The molecule has 0 amide bonds. The van der Waals surface area contributed by atoms with Crippen LogP contribution >= 0.6 is 0 Å². The molecule has 0 N–H and O–H groups in total. The van der Waals surface area contributed by atoms with Crippen molar-refractivity contribution in [2.45, 2.75) is 52.4 Å². The van der Waals surface area contributed by atoms with E-state index in [1.165, 1.54) is 27.8 Å². The predicted molar refractivity (Wildman–Crippen MR) is 89.4 cm³/mol. The smallest absolute Gasteiger partial charge is 0.0267 e. The van der Waals surface area contributed by atoms with Crippen LogP contribution in [0.4, 0.5) is 0 Å². The van der Waals surface area contributed by atoms with Crippen LogP contribution in [0, 0.1) is 0 Å². The van der Waals surface area contributed by atoms with Crippen LogP contribution in [0.15, 0.2) is 54.2 Å².